The number of fused-ring (bicyclic) bond motifs is 1. The maximum Gasteiger partial charge on any atom is 0.420 e. The predicted molar refractivity (Wildman–Crippen MR) is 91.1 cm³/mol. The Morgan fingerprint density at radius 3 is 2.76 bits per heavy atom. The van der Waals surface area contributed by atoms with E-state index in [2.05, 4.69) is 9.97 Å². The third-order valence-electron chi connectivity index (χ3n) is 4.72. The normalized spacial score (nSPS) is 15.6. The van der Waals surface area contributed by atoms with Gasteiger partial charge in [-0.15, -0.1) is 0 Å². The average molecular weight is 338 g/mol. The molecule has 0 bridgehead atoms. The van der Waals surface area contributed by atoms with Crippen LogP contribution in [0.5, 0.6) is 0 Å². The van der Waals surface area contributed by atoms with Crippen molar-refractivity contribution < 1.29 is 9.21 Å². The molecule has 7 nitrogen and oxygen atoms in total. The van der Waals surface area contributed by atoms with E-state index in [-0.39, 0.29) is 12.5 Å². The fourth-order valence-corrected chi connectivity index (χ4v) is 3.35. The van der Waals surface area contributed by atoms with Gasteiger partial charge in [0.15, 0.2) is 5.58 Å². The van der Waals surface area contributed by atoms with Crippen LogP contribution < -0.4 is 5.76 Å². The number of likely N-dealkylation sites (tertiary alicyclic amines) is 1. The minimum Gasteiger partial charge on any atom is -0.408 e. The van der Waals surface area contributed by atoms with Crippen molar-refractivity contribution in [1.29, 1.82) is 0 Å². The molecule has 1 aliphatic rings. The fourth-order valence-electron chi connectivity index (χ4n) is 3.35. The maximum atomic E-state index is 12.6. The molecule has 1 fully saturated rings. The fraction of sp³-hybridized carbons (Fsp3) is 0.333. The number of benzene rings is 1. The highest BCUT2D eigenvalue weighted by Crippen LogP contribution is 2.26. The van der Waals surface area contributed by atoms with Crippen molar-refractivity contribution in [2.45, 2.75) is 25.3 Å². The zero-order valence-electron chi connectivity index (χ0n) is 13.7. The minimum atomic E-state index is -0.496. The molecule has 0 saturated carbocycles. The summed E-state index contributed by atoms with van der Waals surface area (Å²) in [4.78, 5) is 34.9. The van der Waals surface area contributed by atoms with Crippen LogP contribution in [0.4, 0.5) is 0 Å². The molecule has 0 atom stereocenters. The molecule has 1 saturated heterocycles. The van der Waals surface area contributed by atoms with Crippen molar-refractivity contribution in [3.05, 3.63) is 59.1 Å². The van der Waals surface area contributed by atoms with E-state index in [9.17, 15) is 9.59 Å². The molecule has 3 aromatic rings. The standard InChI is InChI=1S/C18H18N4O3/c23-17(12-22-15-3-1-2-4-16(15)25-18(22)24)21-9-5-13(6-10-21)14-11-19-7-8-20-14/h1-4,7-8,11,13H,5-6,9-10,12H2. The molecule has 0 unspecified atom stereocenters. The van der Waals surface area contributed by atoms with Crippen LogP contribution >= 0.6 is 0 Å². The number of carbonyl (C=O) groups is 1. The largest absolute Gasteiger partial charge is 0.420 e. The van der Waals surface area contributed by atoms with Crippen LogP contribution in [-0.2, 0) is 11.3 Å². The van der Waals surface area contributed by atoms with E-state index < -0.39 is 5.76 Å². The molecular formula is C18H18N4O3. The summed E-state index contributed by atoms with van der Waals surface area (Å²) >= 11 is 0. The smallest absolute Gasteiger partial charge is 0.408 e. The number of piperidine rings is 1. The summed E-state index contributed by atoms with van der Waals surface area (Å²) in [5.74, 6) is -0.231. The molecule has 25 heavy (non-hydrogen) atoms. The topological polar surface area (TPSA) is 81.2 Å². The molecule has 1 amide bonds. The molecule has 4 rings (SSSR count). The summed E-state index contributed by atoms with van der Waals surface area (Å²) in [6, 6.07) is 7.14. The lowest BCUT2D eigenvalue weighted by Crippen LogP contribution is -2.40. The van der Waals surface area contributed by atoms with E-state index in [1.807, 2.05) is 6.07 Å². The second kappa shape index (κ2) is 6.51. The number of nitrogens with zero attached hydrogens (tertiary/aromatic N) is 4. The van der Waals surface area contributed by atoms with Gasteiger partial charge in [-0.2, -0.15) is 0 Å². The number of rotatable bonds is 3. The molecule has 0 N–H and O–H groups in total. The predicted octanol–water partition coefficient (Wildman–Crippen LogP) is 1.79. The third kappa shape index (κ3) is 3.05. The van der Waals surface area contributed by atoms with E-state index >= 15 is 0 Å². The van der Waals surface area contributed by atoms with Crippen LogP contribution in [0.2, 0.25) is 0 Å². The van der Waals surface area contributed by atoms with Crippen LogP contribution in [-0.4, -0.2) is 38.4 Å². The lowest BCUT2D eigenvalue weighted by atomic mass is 9.94. The molecule has 3 heterocycles. The van der Waals surface area contributed by atoms with E-state index in [1.54, 1.807) is 41.7 Å². The number of aromatic nitrogens is 3. The average Bonchev–Trinajstić information content (AvgIpc) is 2.98. The van der Waals surface area contributed by atoms with Crippen LogP contribution in [0.3, 0.4) is 0 Å². The Labute approximate surface area is 143 Å². The van der Waals surface area contributed by atoms with Gasteiger partial charge in [-0.25, -0.2) is 4.79 Å². The van der Waals surface area contributed by atoms with Gasteiger partial charge >= 0.3 is 5.76 Å². The molecule has 1 aromatic carbocycles. The van der Waals surface area contributed by atoms with Crippen LogP contribution in [0.25, 0.3) is 11.1 Å². The summed E-state index contributed by atoms with van der Waals surface area (Å²) in [5, 5.41) is 0. The first-order valence-electron chi connectivity index (χ1n) is 8.34. The minimum absolute atomic E-state index is 0.00561. The Morgan fingerprint density at radius 1 is 1.20 bits per heavy atom. The first-order valence-corrected chi connectivity index (χ1v) is 8.34. The van der Waals surface area contributed by atoms with E-state index in [0.717, 1.165) is 18.5 Å². The molecule has 0 aliphatic carbocycles. The SMILES string of the molecule is O=C(Cn1c(=O)oc2ccccc21)N1CCC(c2cnccn2)CC1. The monoisotopic (exact) mass is 338 g/mol. The van der Waals surface area contributed by atoms with Gasteiger partial charge < -0.3 is 9.32 Å². The van der Waals surface area contributed by atoms with Gasteiger partial charge in [0, 0.05) is 37.6 Å². The summed E-state index contributed by atoms with van der Waals surface area (Å²) < 4.78 is 6.58. The number of amides is 1. The van der Waals surface area contributed by atoms with Crippen molar-refractivity contribution in [1.82, 2.24) is 19.4 Å². The van der Waals surface area contributed by atoms with Gasteiger partial charge in [-0.1, -0.05) is 12.1 Å². The number of hydrogen-bond donors (Lipinski definition) is 0. The zero-order chi connectivity index (χ0) is 17.2. The summed E-state index contributed by atoms with van der Waals surface area (Å²) in [6.07, 6.45) is 6.86. The lowest BCUT2D eigenvalue weighted by Gasteiger charge is -2.31. The van der Waals surface area contributed by atoms with Gasteiger partial charge in [0.2, 0.25) is 5.91 Å². The van der Waals surface area contributed by atoms with Crippen molar-refractivity contribution in [2.75, 3.05) is 13.1 Å². The van der Waals surface area contributed by atoms with Crippen molar-refractivity contribution in [3.63, 3.8) is 0 Å². The lowest BCUT2D eigenvalue weighted by molar-refractivity contribution is -0.132. The highest BCUT2D eigenvalue weighted by Gasteiger charge is 2.25. The highest BCUT2D eigenvalue weighted by atomic mass is 16.4. The Kier molecular flexibility index (Phi) is 4.05. The van der Waals surface area contributed by atoms with Crippen LogP contribution in [0.1, 0.15) is 24.5 Å². The summed E-state index contributed by atoms with van der Waals surface area (Å²) in [5.41, 5.74) is 2.13. The second-order valence-corrected chi connectivity index (χ2v) is 6.21. The number of carbonyl (C=O) groups excluding carboxylic acids is 1. The number of para-hydroxylation sites is 2. The molecule has 2 aromatic heterocycles. The van der Waals surface area contributed by atoms with Gasteiger partial charge in [-0.05, 0) is 25.0 Å². The van der Waals surface area contributed by atoms with Gasteiger partial charge in [0.05, 0.1) is 11.2 Å². The summed E-state index contributed by atoms with van der Waals surface area (Å²) in [7, 11) is 0. The van der Waals surface area contributed by atoms with Crippen LogP contribution in [0, 0.1) is 0 Å². The maximum absolute atomic E-state index is 12.6. The van der Waals surface area contributed by atoms with Crippen molar-refractivity contribution >= 4 is 17.0 Å². The molecule has 1 aliphatic heterocycles. The second-order valence-electron chi connectivity index (χ2n) is 6.21. The van der Waals surface area contributed by atoms with E-state index in [0.29, 0.717) is 30.1 Å². The quantitative estimate of drug-likeness (QED) is 0.727. The Hall–Kier alpha value is -2.96. The van der Waals surface area contributed by atoms with E-state index in [1.165, 1.54) is 4.57 Å². The molecule has 7 heteroatoms. The van der Waals surface area contributed by atoms with Crippen molar-refractivity contribution in [2.24, 2.45) is 0 Å². The molecule has 0 spiro atoms. The Balaban J connectivity index is 1.44. The van der Waals surface area contributed by atoms with Crippen LogP contribution in [0.15, 0.2) is 52.1 Å². The highest BCUT2D eigenvalue weighted by molar-refractivity contribution is 5.79. The van der Waals surface area contributed by atoms with Gasteiger partial charge in [0.25, 0.3) is 0 Å². The Bertz CT molecular complexity index is 940. The molecule has 128 valence electrons. The zero-order valence-corrected chi connectivity index (χ0v) is 13.7. The number of hydrogen-bond acceptors (Lipinski definition) is 5. The van der Waals surface area contributed by atoms with Gasteiger partial charge in [-0.3, -0.25) is 19.3 Å². The Morgan fingerprint density at radius 2 is 2.00 bits per heavy atom. The van der Waals surface area contributed by atoms with Gasteiger partial charge in [0.1, 0.15) is 6.54 Å². The first kappa shape index (κ1) is 15.6. The number of oxazole rings is 1. The van der Waals surface area contributed by atoms with E-state index in [4.69, 9.17) is 4.42 Å². The molecule has 0 radical (unpaired) electrons. The first-order chi connectivity index (χ1) is 12.2. The van der Waals surface area contributed by atoms with Crippen molar-refractivity contribution in [3.8, 4) is 0 Å². The third-order valence-corrected chi connectivity index (χ3v) is 4.72. The molecular weight excluding hydrogens is 320 g/mol. The summed E-state index contributed by atoms with van der Waals surface area (Å²) in [6.45, 7) is 1.32.